The van der Waals surface area contributed by atoms with Crippen LogP contribution in [0.2, 0.25) is 0 Å². The van der Waals surface area contributed by atoms with Crippen molar-refractivity contribution in [3.8, 4) is 0 Å². The quantitative estimate of drug-likeness (QED) is 0.152. The monoisotopic (exact) mass is 642 g/mol. The summed E-state index contributed by atoms with van der Waals surface area (Å²) in [4.78, 5) is 22.2. The van der Waals surface area contributed by atoms with Crippen LogP contribution >= 0.6 is 7.26 Å². The zero-order valence-electron chi connectivity index (χ0n) is 24.8. The molecule has 0 fully saturated rings. The SMILES string of the molecule is O=C([O-])c1ccccc1[S+]([O-])c1ccccc1C(=O)O.c1ccc(C[P+](c2ccccc2)(c2ccccc2)c2ccccc2)cc1. The summed E-state index contributed by atoms with van der Waals surface area (Å²) in [6, 6.07) is 55.5. The number of benzene rings is 6. The minimum atomic E-state index is -1.91. The first kappa shape index (κ1) is 32.4. The Balaban J connectivity index is 0.000000188. The van der Waals surface area contributed by atoms with Gasteiger partial charge in [0.15, 0.2) is 9.79 Å². The molecule has 0 spiro atoms. The van der Waals surface area contributed by atoms with E-state index in [1.807, 2.05) is 0 Å². The van der Waals surface area contributed by atoms with E-state index in [-0.39, 0.29) is 20.9 Å². The summed E-state index contributed by atoms with van der Waals surface area (Å²) in [5.74, 6) is -2.68. The number of aromatic carboxylic acids is 2. The Morgan fingerprint density at radius 2 is 0.870 bits per heavy atom. The number of carboxylic acids is 2. The molecule has 0 radical (unpaired) electrons. The predicted molar refractivity (Wildman–Crippen MR) is 184 cm³/mol. The van der Waals surface area contributed by atoms with Crippen molar-refractivity contribution in [3.63, 3.8) is 0 Å². The van der Waals surface area contributed by atoms with Gasteiger partial charge in [-0.15, -0.1) is 0 Å². The van der Waals surface area contributed by atoms with Gasteiger partial charge in [0.2, 0.25) is 0 Å². The fourth-order valence-corrected chi connectivity index (χ4v) is 10.9. The first-order chi connectivity index (χ1) is 22.4. The standard InChI is InChI=1S/C25H22P.C14H10O5S/c1-5-13-22(14-6-1)21-26(23-15-7-2-8-16-23,24-17-9-3-10-18-24)25-19-11-4-12-20-25;15-13(16)9-5-1-3-7-11(9)20(19)12-8-4-2-6-10(12)14(17)18/h1-20H,21H2;1-8H,(H,15,16)(H,17,18)/q+1;/p-1. The zero-order valence-corrected chi connectivity index (χ0v) is 26.5. The smallest absolute Gasteiger partial charge is 0.340 e. The van der Waals surface area contributed by atoms with Crippen molar-refractivity contribution in [2.45, 2.75) is 16.0 Å². The van der Waals surface area contributed by atoms with E-state index in [0.717, 1.165) is 6.16 Å². The van der Waals surface area contributed by atoms with Crippen LogP contribution in [0.1, 0.15) is 26.3 Å². The topological polar surface area (TPSA) is 100 Å². The van der Waals surface area contributed by atoms with Crippen molar-refractivity contribution in [1.29, 1.82) is 0 Å². The lowest BCUT2D eigenvalue weighted by molar-refractivity contribution is -0.255. The number of rotatable bonds is 9. The summed E-state index contributed by atoms with van der Waals surface area (Å²) in [6.07, 6.45) is 1.03. The summed E-state index contributed by atoms with van der Waals surface area (Å²) >= 11 is -1.91. The number of carboxylic acid groups (broad SMARTS) is 2. The van der Waals surface area contributed by atoms with Gasteiger partial charge in [-0.2, -0.15) is 0 Å². The second kappa shape index (κ2) is 15.3. The zero-order chi connectivity index (χ0) is 32.4. The molecule has 1 atom stereocenters. The van der Waals surface area contributed by atoms with E-state index >= 15 is 0 Å². The Morgan fingerprint density at radius 3 is 1.28 bits per heavy atom. The molecule has 6 aromatic rings. The second-order valence-electron chi connectivity index (χ2n) is 10.3. The van der Waals surface area contributed by atoms with Crippen LogP contribution in [-0.2, 0) is 17.3 Å². The summed E-state index contributed by atoms with van der Waals surface area (Å²) in [6.45, 7) is 0. The van der Waals surface area contributed by atoms with Crippen LogP contribution in [0.25, 0.3) is 0 Å². The van der Waals surface area contributed by atoms with Gasteiger partial charge < -0.3 is 19.6 Å². The molecule has 0 aliphatic rings. The first-order valence-electron chi connectivity index (χ1n) is 14.5. The molecule has 0 saturated carbocycles. The lowest BCUT2D eigenvalue weighted by Gasteiger charge is -2.27. The molecule has 0 aliphatic heterocycles. The van der Waals surface area contributed by atoms with Gasteiger partial charge in [0.05, 0.1) is 17.7 Å². The van der Waals surface area contributed by atoms with Crippen molar-refractivity contribution >= 4 is 46.3 Å². The fourth-order valence-electron chi connectivity index (χ4n) is 5.35. The summed E-state index contributed by atoms with van der Waals surface area (Å²) < 4.78 is 12.5. The summed E-state index contributed by atoms with van der Waals surface area (Å²) in [7, 11) is -1.78. The number of hydrogen-bond acceptors (Lipinski definition) is 4. The lowest BCUT2D eigenvalue weighted by Crippen LogP contribution is -2.32. The van der Waals surface area contributed by atoms with Crippen molar-refractivity contribution in [1.82, 2.24) is 0 Å². The maximum Gasteiger partial charge on any atom is 0.340 e. The van der Waals surface area contributed by atoms with Crippen LogP contribution in [0.15, 0.2) is 180 Å². The highest BCUT2D eigenvalue weighted by Crippen LogP contribution is 2.58. The lowest BCUT2D eigenvalue weighted by atomic mass is 10.2. The van der Waals surface area contributed by atoms with E-state index in [0.29, 0.717) is 0 Å². The van der Waals surface area contributed by atoms with Crippen molar-refractivity contribution in [2.75, 3.05) is 0 Å². The maximum atomic E-state index is 12.5. The van der Waals surface area contributed by atoms with E-state index in [1.165, 1.54) is 63.9 Å². The molecule has 1 unspecified atom stereocenters. The molecule has 0 heterocycles. The molecule has 0 bridgehead atoms. The molecular formula is C39H31O5PS. The molecule has 5 nitrogen and oxygen atoms in total. The van der Waals surface area contributed by atoms with E-state index in [4.69, 9.17) is 5.11 Å². The second-order valence-corrected chi connectivity index (χ2v) is 15.2. The Hall–Kier alpha value is -5.00. The van der Waals surface area contributed by atoms with Crippen LogP contribution in [0.3, 0.4) is 0 Å². The molecule has 228 valence electrons. The molecule has 7 heteroatoms. The Morgan fingerprint density at radius 1 is 0.522 bits per heavy atom. The Bertz CT molecular complexity index is 1730. The van der Waals surface area contributed by atoms with Gasteiger partial charge >= 0.3 is 5.97 Å². The van der Waals surface area contributed by atoms with Crippen LogP contribution < -0.4 is 21.0 Å². The molecule has 0 saturated heterocycles. The highest BCUT2D eigenvalue weighted by Gasteiger charge is 2.45. The molecule has 0 amide bonds. The van der Waals surface area contributed by atoms with Crippen molar-refractivity contribution < 1.29 is 24.4 Å². The minimum absolute atomic E-state index is 0.0150. The number of carbonyl (C=O) groups is 2. The Kier molecular flexibility index (Phi) is 10.8. The van der Waals surface area contributed by atoms with Gasteiger partial charge in [0.1, 0.15) is 28.7 Å². The maximum absolute atomic E-state index is 12.5. The largest absolute Gasteiger partial charge is 0.606 e. The van der Waals surface area contributed by atoms with E-state index in [9.17, 15) is 19.2 Å². The van der Waals surface area contributed by atoms with E-state index < -0.39 is 30.4 Å². The van der Waals surface area contributed by atoms with Gasteiger partial charge in [-0.1, -0.05) is 109 Å². The summed E-state index contributed by atoms with van der Waals surface area (Å²) in [5.41, 5.74) is 1.04. The Labute approximate surface area is 272 Å². The van der Waals surface area contributed by atoms with Gasteiger partial charge in [-0.3, -0.25) is 0 Å². The number of carbonyl (C=O) groups excluding carboxylic acids is 1. The highest BCUT2D eigenvalue weighted by molar-refractivity contribution is 7.95. The molecular weight excluding hydrogens is 611 g/mol. The van der Waals surface area contributed by atoms with E-state index in [2.05, 4.69) is 121 Å². The van der Waals surface area contributed by atoms with Crippen molar-refractivity contribution in [3.05, 3.63) is 187 Å². The van der Waals surface area contributed by atoms with Crippen LogP contribution in [0.4, 0.5) is 0 Å². The average molecular weight is 643 g/mol. The van der Waals surface area contributed by atoms with Gasteiger partial charge in [-0.25, -0.2) is 4.79 Å². The molecule has 6 aromatic carbocycles. The summed E-state index contributed by atoms with van der Waals surface area (Å²) in [5, 5.41) is 24.4. The fraction of sp³-hybridized carbons (Fsp3) is 0.0256. The number of hydrogen-bond donors (Lipinski definition) is 1. The molecule has 6 rings (SSSR count). The van der Waals surface area contributed by atoms with Gasteiger partial charge in [0, 0.05) is 11.2 Å². The van der Waals surface area contributed by atoms with Gasteiger partial charge in [0.25, 0.3) is 0 Å². The predicted octanol–water partition coefficient (Wildman–Crippen LogP) is 6.10. The molecule has 46 heavy (non-hydrogen) atoms. The minimum Gasteiger partial charge on any atom is -0.606 e. The molecule has 1 N–H and O–H groups in total. The average Bonchev–Trinajstić information content (AvgIpc) is 3.12. The third-order valence-electron chi connectivity index (χ3n) is 7.48. The van der Waals surface area contributed by atoms with Crippen molar-refractivity contribution in [2.24, 2.45) is 0 Å². The third-order valence-corrected chi connectivity index (χ3v) is 13.4. The van der Waals surface area contributed by atoms with Crippen LogP contribution in [-0.4, -0.2) is 21.6 Å². The van der Waals surface area contributed by atoms with Gasteiger partial charge in [-0.05, 0) is 66.2 Å². The van der Waals surface area contributed by atoms with Crippen LogP contribution in [0, 0.1) is 0 Å². The highest BCUT2D eigenvalue weighted by atomic mass is 32.2. The third kappa shape index (κ3) is 7.27. The van der Waals surface area contributed by atoms with E-state index in [1.54, 1.807) is 6.07 Å². The normalized spacial score (nSPS) is 11.5. The first-order valence-corrected chi connectivity index (χ1v) is 17.7. The molecule has 0 aliphatic carbocycles. The van der Waals surface area contributed by atoms with Crippen LogP contribution in [0.5, 0.6) is 0 Å². The molecule has 0 aromatic heterocycles.